The van der Waals surface area contributed by atoms with Crippen molar-refractivity contribution in [3.8, 4) is 5.75 Å². The first-order valence-electron chi connectivity index (χ1n) is 11.8. The fourth-order valence-corrected chi connectivity index (χ4v) is 5.74. The van der Waals surface area contributed by atoms with Crippen LogP contribution in [0.5, 0.6) is 5.75 Å². The summed E-state index contributed by atoms with van der Waals surface area (Å²) in [6.45, 7) is 2.36. The number of carbonyl (C=O) groups is 2. The number of fused-ring (bicyclic) bond motifs is 3. The Balaban J connectivity index is 1.61. The lowest BCUT2D eigenvalue weighted by atomic mass is 9.58. The zero-order valence-electron chi connectivity index (χ0n) is 19.8. The van der Waals surface area contributed by atoms with Crippen LogP contribution >= 0.6 is 0 Å². The van der Waals surface area contributed by atoms with Crippen LogP contribution in [0.25, 0.3) is 6.08 Å². The summed E-state index contributed by atoms with van der Waals surface area (Å²) in [4.78, 5) is 26.8. The number of methoxy groups -OCH3 is 1. The average Bonchev–Trinajstić information content (AvgIpc) is 3.02. The van der Waals surface area contributed by atoms with Crippen LogP contribution in [0.1, 0.15) is 38.2 Å². The van der Waals surface area contributed by atoms with E-state index in [1.807, 2.05) is 13.0 Å². The minimum atomic E-state index is -1.02. The number of rotatable bonds is 7. The maximum absolute atomic E-state index is 13.7. The first kappa shape index (κ1) is 24.6. The molecule has 34 heavy (non-hydrogen) atoms. The molecule has 4 rings (SSSR count). The highest BCUT2D eigenvalue weighted by Crippen LogP contribution is 2.50. The van der Waals surface area contributed by atoms with Gasteiger partial charge in [0.1, 0.15) is 0 Å². The molecule has 3 aliphatic rings. The number of ether oxygens (including phenoxy) is 1. The highest BCUT2D eigenvalue weighted by atomic mass is 19.1. The highest BCUT2D eigenvalue weighted by Gasteiger charge is 2.56. The van der Waals surface area contributed by atoms with Crippen molar-refractivity contribution in [2.24, 2.45) is 17.8 Å². The lowest BCUT2D eigenvalue weighted by Gasteiger charge is -2.43. The molecule has 0 spiro atoms. The molecule has 1 aliphatic carbocycles. The van der Waals surface area contributed by atoms with Gasteiger partial charge in [-0.05, 0) is 66.8 Å². The Morgan fingerprint density at radius 3 is 2.76 bits per heavy atom. The molecule has 2 aliphatic heterocycles. The maximum Gasteiger partial charge on any atom is 0.455 e. The number of hydrogen-bond acceptors (Lipinski definition) is 6. The van der Waals surface area contributed by atoms with Gasteiger partial charge < -0.3 is 19.5 Å². The quantitative estimate of drug-likeness (QED) is 0.360. The van der Waals surface area contributed by atoms with E-state index < -0.39 is 30.9 Å². The number of imide groups is 1. The van der Waals surface area contributed by atoms with Crippen LogP contribution < -0.4 is 0 Å². The van der Waals surface area contributed by atoms with E-state index >= 15 is 0 Å². The van der Waals surface area contributed by atoms with Crippen LogP contribution in [-0.2, 0) is 19.0 Å². The van der Waals surface area contributed by atoms with Gasteiger partial charge >= 0.3 is 7.12 Å². The predicted molar refractivity (Wildman–Crippen MR) is 125 cm³/mol. The van der Waals surface area contributed by atoms with E-state index in [4.69, 9.17) is 9.39 Å². The summed E-state index contributed by atoms with van der Waals surface area (Å²) in [5, 5.41) is 20.0. The first-order chi connectivity index (χ1) is 16.2. The number of halogens is 1. The molecule has 1 aromatic rings. The van der Waals surface area contributed by atoms with Crippen LogP contribution in [0.15, 0.2) is 34.9 Å². The molecular weight excluding hydrogens is 440 g/mol. The van der Waals surface area contributed by atoms with E-state index in [-0.39, 0.29) is 29.8 Å². The largest absolute Gasteiger partial charge is 0.505 e. The van der Waals surface area contributed by atoms with Gasteiger partial charge in [0, 0.05) is 14.2 Å². The number of phenols is 1. The smallest absolute Gasteiger partial charge is 0.455 e. The molecule has 2 N–H and O–H groups in total. The van der Waals surface area contributed by atoms with Gasteiger partial charge in [-0.15, -0.1) is 0 Å². The molecule has 0 radical (unpaired) electrons. The van der Waals surface area contributed by atoms with Gasteiger partial charge in [0.15, 0.2) is 11.6 Å². The van der Waals surface area contributed by atoms with Crippen molar-refractivity contribution in [1.29, 1.82) is 0 Å². The van der Waals surface area contributed by atoms with Crippen molar-refractivity contribution in [2.75, 3.05) is 20.8 Å². The summed E-state index contributed by atoms with van der Waals surface area (Å²) in [7, 11) is 2.11. The van der Waals surface area contributed by atoms with Crippen LogP contribution in [0.2, 0.25) is 6.32 Å². The molecule has 0 saturated carbocycles. The lowest BCUT2D eigenvalue weighted by molar-refractivity contribution is -0.138. The predicted octanol–water partition coefficient (Wildman–Crippen LogP) is 3.18. The molecule has 2 amide bonds. The third-order valence-corrected chi connectivity index (χ3v) is 7.37. The van der Waals surface area contributed by atoms with Crippen molar-refractivity contribution in [3.05, 3.63) is 46.3 Å². The number of nitrogens with zero attached hydrogens (tertiary/aromatic N) is 1. The number of aromatic hydroxyl groups is 1. The lowest BCUT2D eigenvalue weighted by Crippen LogP contribution is -2.46. The van der Waals surface area contributed by atoms with Crippen molar-refractivity contribution < 1.29 is 33.5 Å². The Hall–Kier alpha value is -2.49. The number of amides is 2. The second kappa shape index (κ2) is 10.0. The molecule has 0 unspecified atom stereocenters. The van der Waals surface area contributed by atoms with E-state index in [1.165, 1.54) is 24.1 Å². The van der Waals surface area contributed by atoms with E-state index in [2.05, 4.69) is 0 Å². The molecule has 2 heterocycles. The monoisotopic (exact) mass is 471 g/mol. The second-order valence-electron chi connectivity index (χ2n) is 9.39. The van der Waals surface area contributed by atoms with Gasteiger partial charge in [-0.2, -0.15) is 0 Å². The van der Waals surface area contributed by atoms with Crippen molar-refractivity contribution >= 4 is 25.0 Å². The van der Waals surface area contributed by atoms with Gasteiger partial charge in [0.2, 0.25) is 11.8 Å². The third-order valence-electron chi connectivity index (χ3n) is 7.37. The summed E-state index contributed by atoms with van der Waals surface area (Å²) >= 11 is 0. The number of carbonyl (C=O) groups excluding carboxylic acids is 2. The zero-order chi connectivity index (χ0) is 24.6. The van der Waals surface area contributed by atoms with E-state index in [0.717, 1.165) is 23.1 Å². The molecule has 2 fully saturated rings. The summed E-state index contributed by atoms with van der Waals surface area (Å²) in [6, 6.07) is 4.28. The van der Waals surface area contributed by atoms with Crippen LogP contribution in [0, 0.1) is 23.6 Å². The van der Waals surface area contributed by atoms with Crippen LogP contribution in [0.3, 0.4) is 0 Å². The summed E-state index contributed by atoms with van der Waals surface area (Å²) in [5.41, 5.74) is 3.69. The number of phenolic OH excluding ortho intramolecular Hbond substituents is 1. The SMILES string of the molecule is CC/C(=C\c1ccc(O)c(F)c1)CC[C@H]1OB(O)C[C@H]2C1=C(COC)C[C@H]1C(=O)N(C)C(=O)[C@H]12. The average molecular weight is 471 g/mol. The fourth-order valence-electron chi connectivity index (χ4n) is 5.74. The molecule has 7 nitrogen and oxygen atoms in total. The molecule has 1 aromatic carbocycles. The van der Waals surface area contributed by atoms with Crippen molar-refractivity contribution in [2.45, 2.75) is 45.0 Å². The van der Waals surface area contributed by atoms with Gasteiger partial charge in [0.25, 0.3) is 0 Å². The van der Waals surface area contributed by atoms with Crippen molar-refractivity contribution in [3.63, 3.8) is 0 Å². The second-order valence-corrected chi connectivity index (χ2v) is 9.39. The third kappa shape index (κ3) is 4.56. The molecule has 182 valence electrons. The Kier molecular flexibility index (Phi) is 7.26. The standard InChI is InChI=1S/C25H31BFNO6/c1-4-14(9-15-5-7-20(29)19(27)10-15)6-8-21-22-16(13-33-3)11-17-23(18(22)12-26(32)34-21)25(31)28(2)24(17)30/h5,7,9-10,17-18,21,23,29,32H,4,6,8,11-13H2,1-3H3/b14-9+/t17-,18+,21-,23-/m1/s1. The normalized spacial score (nSPS) is 27.4. The zero-order valence-corrected chi connectivity index (χ0v) is 19.8. The minimum Gasteiger partial charge on any atom is -0.505 e. The number of allylic oxidation sites excluding steroid dienone is 1. The molecule has 2 saturated heterocycles. The topological polar surface area (TPSA) is 96.3 Å². The number of benzene rings is 1. The van der Waals surface area contributed by atoms with Gasteiger partial charge in [-0.1, -0.05) is 24.6 Å². The van der Waals surface area contributed by atoms with Crippen LogP contribution in [0.4, 0.5) is 4.39 Å². The Morgan fingerprint density at radius 1 is 1.32 bits per heavy atom. The molecule has 4 atom stereocenters. The van der Waals surface area contributed by atoms with E-state index in [1.54, 1.807) is 13.2 Å². The Bertz CT molecular complexity index is 1040. The molecular formula is C25H31BFNO6. The Labute approximate surface area is 199 Å². The Morgan fingerprint density at radius 2 is 2.09 bits per heavy atom. The van der Waals surface area contributed by atoms with Crippen LogP contribution in [-0.4, -0.2) is 60.8 Å². The minimum absolute atomic E-state index is 0.169. The summed E-state index contributed by atoms with van der Waals surface area (Å²) < 4.78 is 25.1. The van der Waals surface area contributed by atoms with Crippen molar-refractivity contribution in [1.82, 2.24) is 4.90 Å². The fraction of sp³-hybridized carbons (Fsp3) is 0.520. The van der Waals surface area contributed by atoms with E-state index in [9.17, 15) is 24.1 Å². The molecule has 0 aromatic heterocycles. The van der Waals surface area contributed by atoms with Gasteiger partial charge in [0.05, 0.1) is 24.5 Å². The van der Waals surface area contributed by atoms with E-state index in [0.29, 0.717) is 31.4 Å². The summed E-state index contributed by atoms with van der Waals surface area (Å²) in [6.07, 6.45) is 4.19. The van der Waals surface area contributed by atoms with Gasteiger partial charge in [-0.3, -0.25) is 14.5 Å². The molecule has 0 bridgehead atoms. The number of likely N-dealkylation sites (tertiary alicyclic amines) is 1. The van der Waals surface area contributed by atoms with Gasteiger partial charge in [-0.25, -0.2) is 4.39 Å². The highest BCUT2D eigenvalue weighted by molar-refractivity contribution is 6.43. The maximum atomic E-state index is 13.7. The molecule has 9 heteroatoms. The first-order valence-corrected chi connectivity index (χ1v) is 11.8. The number of hydrogen-bond donors (Lipinski definition) is 2. The summed E-state index contributed by atoms with van der Waals surface area (Å²) in [5.74, 6) is -2.57.